The fourth-order valence-corrected chi connectivity index (χ4v) is 6.33. The number of nitrogens with one attached hydrogen (secondary N) is 1. The number of aromatic nitrogens is 5. The van der Waals surface area contributed by atoms with Gasteiger partial charge in [-0.3, -0.25) is 23.9 Å². The Morgan fingerprint density at radius 2 is 1.86 bits per heavy atom. The van der Waals surface area contributed by atoms with Gasteiger partial charge in [-0.25, -0.2) is 15.0 Å². The highest BCUT2D eigenvalue weighted by molar-refractivity contribution is 9.10. The average Bonchev–Trinajstić information content (AvgIpc) is 3.29. The zero-order valence-corrected chi connectivity index (χ0v) is 25.1. The Bertz CT molecular complexity index is 1800. The molecule has 11 nitrogen and oxygen atoms in total. The van der Waals surface area contributed by atoms with Crippen molar-refractivity contribution in [2.75, 3.05) is 5.32 Å². The summed E-state index contributed by atoms with van der Waals surface area (Å²) < 4.78 is 2.03. The first kappa shape index (κ1) is 27.8. The molecular weight excluding hydrogens is 602 g/mol. The lowest BCUT2D eigenvalue weighted by Gasteiger charge is -2.27. The number of carbonyl (C=O) groups excluding carboxylic acids is 4. The Morgan fingerprint density at radius 1 is 1.12 bits per heavy atom. The number of fused-ring (bicyclic) bond motifs is 2. The molecule has 214 valence electrons. The predicted octanol–water partition coefficient (Wildman–Crippen LogP) is 4.30. The molecular formula is C30H28BrN7O4. The zero-order valence-electron chi connectivity index (χ0n) is 23.5. The van der Waals surface area contributed by atoms with Crippen molar-refractivity contribution in [3.8, 4) is 11.1 Å². The van der Waals surface area contributed by atoms with Crippen molar-refractivity contribution >= 4 is 56.5 Å². The third-order valence-electron chi connectivity index (χ3n) is 8.25. The summed E-state index contributed by atoms with van der Waals surface area (Å²) in [5.41, 5.74) is 3.52. The first-order valence-electron chi connectivity index (χ1n) is 13.5. The molecule has 1 saturated carbocycles. The van der Waals surface area contributed by atoms with Crippen molar-refractivity contribution in [2.24, 2.45) is 5.41 Å². The molecule has 3 atom stereocenters. The summed E-state index contributed by atoms with van der Waals surface area (Å²) in [7, 11) is 0. The summed E-state index contributed by atoms with van der Waals surface area (Å²) in [6.45, 7) is 7.10. The third-order valence-corrected chi connectivity index (χ3v) is 8.70. The fourth-order valence-electron chi connectivity index (χ4n) is 6.02. The van der Waals surface area contributed by atoms with Gasteiger partial charge in [0.1, 0.15) is 34.5 Å². The van der Waals surface area contributed by atoms with E-state index in [4.69, 9.17) is 0 Å². The lowest BCUT2D eigenvalue weighted by Crippen LogP contribution is -2.47. The van der Waals surface area contributed by atoms with Gasteiger partial charge in [0.2, 0.25) is 11.8 Å². The van der Waals surface area contributed by atoms with E-state index < -0.39 is 11.9 Å². The number of pyridine rings is 1. The maximum Gasteiger partial charge on any atom is 0.248 e. The molecule has 2 amide bonds. The quantitative estimate of drug-likeness (QED) is 0.181. The molecule has 1 aliphatic heterocycles. The molecule has 42 heavy (non-hydrogen) atoms. The van der Waals surface area contributed by atoms with Gasteiger partial charge in [-0.1, -0.05) is 6.92 Å². The molecule has 2 aliphatic rings. The minimum atomic E-state index is -0.732. The Hall–Kier alpha value is -4.32. The summed E-state index contributed by atoms with van der Waals surface area (Å²) >= 11 is 3.27. The van der Waals surface area contributed by atoms with Crippen LogP contribution < -0.4 is 5.32 Å². The highest BCUT2D eigenvalue weighted by atomic mass is 79.9. The Kier molecular flexibility index (Phi) is 6.76. The first-order chi connectivity index (χ1) is 20.0. The number of hydrogen-bond acceptors (Lipinski definition) is 8. The Labute approximate surface area is 249 Å². The van der Waals surface area contributed by atoms with Crippen LogP contribution in [0.3, 0.4) is 0 Å². The topological polar surface area (TPSA) is 140 Å². The number of aryl methyl sites for hydroxylation is 2. The number of aldehydes is 1. The second-order valence-electron chi connectivity index (χ2n) is 11.3. The minimum Gasteiger partial charge on any atom is -0.325 e. The Balaban J connectivity index is 1.32. The molecule has 1 aromatic carbocycles. The molecule has 1 aliphatic carbocycles. The molecule has 1 saturated heterocycles. The third kappa shape index (κ3) is 4.79. The molecule has 4 heterocycles. The van der Waals surface area contributed by atoms with E-state index >= 15 is 0 Å². The van der Waals surface area contributed by atoms with Crippen molar-refractivity contribution in [3.05, 3.63) is 63.9 Å². The van der Waals surface area contributed by atoms with E-state index in [1.165, 1.54) is 6.92 Å². The summed E-state index contributed by atoms with van der Waals surface area (Å²) in [5, 5.41) is 7.96. The van der Waals surface area contributed by atoms with E-state index in [0.717, 1.165) is 23.1 Å². The summed E-state index contributed by atoms with van der Waals surface area (Å²) in [4.78, 5) is 66.0. The molecule has 2 fully saturated rings. The Morgan fingerprint density at radius 3 is 2.55 bits per heavy atom. The van der Waals surface area contributed by atoms with Crippen LogP contribution in [-0.4, -0.2) is 65.6 Å². The molecule has 0 bridgehead atoms. The van der Waals surface area contributed by atoms with Gasteiger partial charge in [-0.05, 0) is 83.4 Å². The van der Waals surface area contributed by atoms with Gasteiger partial charge >= 0.3 is 0 Å². The van der Waals surface area contributed by atoms with E-state index in [1.54, 1.807) is 34.1 Å². The average molecular weight is 631 g/mol. The van der Waals surface area contributed by atoms with Gasteiger partial charge in [-0.15, -0.1) is 0 Å². The van der Waals surface area contributed by atoms with Crippen LogP contribution in [-0.2, 0) is 16.1 Å². The van der Waals surface area contributed by atoms with E-state index in [0.29, 0.717) is 34.0 Å². The SMILES string of the molecule is CC(=O)c1nn(CC(=O)N2[C@H](C(=O)Nc3nc(Br)ccc3C=O)C[C@@]3(C)C[C@@H]23)c2c(C)cc(-c3cnc(C)nc3)cc12. The highest BCUT2D eigenvalue weighted by Crippen LogP contribution is 2.59. The molecule has 12 heteroatoms. The summed E-state index contributed by atoms with van der Waals surface area (Å²) in [6.07, 6.45) is 5.39. The molecule has 0 spiro atoms. The maximum absolute atomic E-state index is 13.9. The second kappa shape index (κ2) is 10.2. The second-order valence-corrected chi connectivity index (χ2v) is 12.2. The number of carbonyl (C=O) groups is 4. The number of halogens is 1. The van der Waals surface area contributed by atoms with Crippen LogP contribution in [0.1, 0.15) is 58.9 Å². The number of amides is 2. The van der Waals surface area contributed by atoms with Crippen LogP contribution in [0.5, 0.6) is 0 Å². The number of likely N-dealkylation sites (tertiary alicyclic amines) is 1. The van der Waals surface area contributed by atoms with Gasteiger partial charge in [0, 0.05) is 36.3 Å². The normalized spacial score (nSPS) is 20.8. The van der Waals surface area contributed by atoms with E-state index in [9.17, 15) is 19.2 Å². The molecule has 6 rings (SSSR count). The number of piperidine rings is 1. The number of benzene rings is 1. The van der Waals surface area contributed by atoms with Crippen LogP contribution in [0.25, 0.3) is 22.0 Å². The van der Waals surface area contributed by atoms with Crippen molar-refractivity contribution in [3.63, 3.8) is 0 Å². The van der Waals surface area contributed by atoms with E-state index in [2.05, 4.69) is 48.2 Å². The molecule has 0 radical (unpaired) electrons. The van der Waals surface area contributed by atoms with Gasteiger partial charge < -0.3 is 10.2 Å². The standard InChI is InChI=1S/C30H28BrN7O4/c1-15-7-19(20-11-32-17(3)33-12-20)8-21-26(16(2)40)36-37(27(15)21)13-25(41)38-22(9-30(4)10-23(30)38)29(42)35-28-18(14-39)5-6-24(31)34-28/h5-8,11-12,14,22-23H,9-10,13H2,1-4H3,(H,34,35,42)/t22-,23+,30-/m0/s1. The van der Waals surface area contributed by atoms with Gasteiger partial charge in [0.25, 0.3) is 0 Å². The van der Waals surface area contributed by atoms with Crippen LogP contribution in [0.4, 0.5) is 5.82 Å². The monoisotopic (exact) mass is 629 g/mol. The van der Waals surface area contributed by atoms with Crippen molar-refractivity contribution in [2.45, 2.75) is 59.2 Å². The van der Waals surface area contributed by atoms with E-state index in [1.807, 2.05) is 26.0 Å². The molecule has 0 unspecified atom stereocenters. The maximum atomic E-state index is 13.9. The van der Waals surface area contributed by atoms with Crippen molar-refractivity contribution < 1.29 is 19.2 Å². The van der Waals surface area contributed by atoms with E-state index in [-0.39, 0.29) is 46.8 Å². The number of ketones is 1. The fraction of sp³-hybridized carbons (Fsp3) is 0.333. The zero-order chi connectivity index (χ0) is 29.9. The lowest BCUT2D eigenvalue weighted by atomic mass is 10.0. The largest absolute Gasteiger partial charge is 0.325 e. The van der Waals surface area contributed by atoms with Crippen LogP contribution in [0.15, 0.2) is 41.3 Å². The van der Waals surface area contributed by atoms with Crippen molar-refractivity contribution in [1.29, 1.82) is 0 Å². The van der Waals surface area contributed by atoms with Crippen molar-refractivity contribution in [1.82, 2.24) is 29.6 Å². The van der Waals surface area contributed by atoms with Gasteiger partial charge in [0.05, 0.1) is 11.1 Å². The molecule has 1 N–H and O–H groups in total. The van der Waals surface area contributed by atoms with Crippen LogP contribution >= 0.6 is 15.9 Å². The number of rotatable bonds is 7. The lowest BCUT2D eigenvalue weighted by molar-refractivity contribution is -0.138. The number of nitrogens with zero attached hydrogens (tertiary/aromatic N) is 6. The summed E-state index contributed by atoms with van der Waals surface area (Å²) in [6, 6.07) is 6.20. The molecule has 4 aromatic rings. The minimum absolute atomic E-state index is 0.0786. The van der Waals surface area contributed by atoms with Crippen LogP contribution in [0, 0.1) is 19.3 Å². The number of Topliss-reactive ketones (excluding diaryl/α,β-unsaturated/α-hetero) is 1. The predicted molar refractivity (Wildman–Crippen MR) is 158 cm³/mol. The molecule has 3 aromatic heterocycles. The van der Waals surface area contributed by atoms with Crippen LogP contribution in [0.2, 0.25) is 0 Å². The van der Waals surface area contributed by atoms with Gasteiger partial charge in [0.15, 0.2) is 12.1 Å². The smallest absolute Gasteiger partial charge is 0.248 e. The number of anilines is 1. The summed E-state index contributed by atoms with van der Waals surface area (Å²) in [5.74, 6) is -0.0961. The van der Waals surface area contributed by atoms with Gasteiger partial charge in [-0.2, -0.15) is 5.10 Å². The number of hydrogen-bond donors (Lipinski definition) is 1. The first-order valence-corrected chi connectivity index (χ1v) is 14.3. The highest BCUT2D eigenvalue weighted by Gasteiger charge is 2.64.